The predicted octanol–water partition coefficient (Wildman–Crippen LogP) is 10.9. The maximum Gasteiger partial charge on any atom is 0.311 e. The molecule has 0 saturated heterocycles. The zero-order valence-corrected chi connectivity index (χ0v) is 29.0. The van der Waals surface area contributed by atoms with Gasteiger partial charge in [0.05, 0.1) is 0 Å². The van der Waals surface area contributed by atoms with Crippen molar-refractivity contribution in [1.82, 2.24) is 0 Å². The third kappa shape index (κ3) is 6.01. The van der Waals surface area contributed by atoms with Crippen molar-refractivity contribution in [1.29, 1.82) is 0 Å². The lowest BCUT2D eigenvalue weighted by Crippen LogP contribution is -2.34. The zero-order chi connectivity index (χ0) is 34.0. The van der Waals surface area contributed by atoms with Crippen LogP contribution in [0.5, 0.6) is 11.5 Å². The predicted molar refractivity (Wildman–Crippen MR) is 198 cm³/mol. The summed E-state index contributed by atoms with van der Waals surface area (Å²) in [6.07, 6.45) is 33.4. The number of fused-ring (bicyclic) bond motifs is 5. The van der Waals surface area contributed by atoms with Crippen LogP contribution in [0.2, 0.25) is 0 Å². The van der Waals surface area contributed by atoms with E-state index in [9.17, 15) is 9.59 Å². The highest BCUT2D eigenvalue weighted by atomic mass is 16.5. The van der Waals surface area contributed by atoms with Gasteiger partial charge in [0.25, 0.3) is 0 Å². The maximum atomic E-state index is 13.5. The van der Waals surface area contributed by atoms with Crippen LogP contribution in [0.25, 0.3) is 0 Å². The topological polar surface area (TPSA) is 52.6 Å². The number of carbonyl (C=O) groups excluding carboxylic acids is 2. The van der Waals surface area contributed by atoms with Crippen molar-refractivity contribution >= 4 is 11.9 Å². The molecule has 0 aliphatic heterocycles. The van der Waals surface area contributed by atoms with Crippen LogP contribution < -0.4 is 9.47 Å². The van der Waals surface area contributed by atoms with Crippen LogP contribution in [0.4, 0.5) is 0 Å². The fourth-order valence-corrected chi connectivity index (χ4v) is 10.4. The fourth-order valence-electron chi connectivity index (χ4n) is 10.4. The first-order chi connectivity index (χ1) is 24.6. The molecule has 4 nitrogen and oxygen atoms in total. The van der Waals surface area contributed by atoms with E-state index in [-0.39, 0.29) is 22.8 Å². The number of hydrogen-bond donors (Lipinski definition) is 0. The molecule has 2 aromatic carbocycles. The average molecular weight is 665 g/mol. The van der Waals surface area contributed by atoms with Crippen molar-refractivity contribution in [3.63, 3.8) is 0 Å². The zero-order valence-electron chi connectivity index (χ0n) is 29.0. The van der Waals surface area contributed by atoms with Gasteiger partial charge in [-0.1, -0.05) is 96.7 Å². The van der Waals surface area contributed by atoms with Crippen LogP contribution in [0.3, 0.4) is 0 Å². The Kier molecular flexibility index (Phi) is 9.21. The van der Waals surface area contributed by atoms with Crippen LogP contribution >= 0.6 is 0 Å². The summed E-state index contributed by atoms with van der Waals surface area (Å²) in [6.45, 7) is 0. The summed E-state index contributed by atoms with van der Waals surface area (Å²) in [4.78, 5) is 27.0. The molecule has 256 valence electrons. The van der Waals surface area contributed by atoms with Crippen LogP contribution in [-0.4, -0.2) is 11.9 Å². The summed E-state index contributed by atoms with van der Waals surface area (Å²) in [7, 11) is 0. The van der Waals surface area contributed by atoms with Crippen molar-refractivity contribution in [2.75, 3.05) is 0 Å². The number of ether oxygens (including phenoxy) is 2. The third-order valence-electron chi connectivity index (χ3n) is 12.5. The maximum absolute atomic E-state index is 13.5. The quantitative estimate of drug-likeness (QED) is 0.136. The molecule has 8 rings (SSSR count). The minimum absolute atomic E-state index is 0.162. The molecule has 5 unspecified atom stereocenters. The fraction of sp³-hybridized carbons (Fsp3) is 0.391. The Labute approximate surface area is 297 Å². The molecule has 0 heterocycles. The van der Waals surface area contributed by atoms with E-state index >= 15 is 0 Å². The van der Waals surface area contributed by atoms with Crippen LogP contribution in [0.15, 0.2) is 143 Å². The molecule has 0 aromatic heterocycles. The molecule has 4 heteroatoms. The Balaban J connectivity index is 1.15. The summed E-state index contributed by atoms with van der Waals surface area (Å²) in [5.74, 6) is 2.14. The number of carbonyl (C=O) groups is 2. The summed E-state index contributed by atoms with van der Waals surface area (Å²) in [5.41, 5.74) is 6.88. The Morgan fingerprint density at radius 3 is 2.18 bits per heavy atom. The highest BCUT2D eigenvalue weighted by Crippen LogP contribution is 2.66. The third-order valence-corrected chi connectivity index (χ3v) is 12.5. The van der Waals surface area contributed by atoms with Gasteiger partial charge in [0.15, 0.2) is 0 Å². The lowest BCUT2D eigenvalue weighted by Gasteiger charge is -2.43. The van der Waals surface area contributed by atoms with Gasteiger partial charge >= 0.3 is 11.9 Å². The number of benzene rings is 2. The van der Waals surface area contributed by atoms with Gasteiger partial charge in [0.2, 0.25) is 0 Å². The second-order valence-electron chi connectivity index (χ2n) is 15.0. The largest absolute Gasteiger partial charge is 0.427 e. The highest BCUT2D eigenvalue weighted by molar-refractivity contribution is 5.74. The van der Waals surface area contributed by atoms with Crippen molar-refractivity contribution < 1.29 is 19.1 Å². The van der Waals surface area contributed by atoms with Gasteiger partial charge in [-0.3, -0.25) is 9.59 Å². The van der Waals surface area contributed by atoms with Gasteiger partial charge in [-0.25, -0.2) is 0 Å². The van der Waals surface area contributed by atoms with Crippen LogP contribution in [0.1, 0.15) is 83.5 Å². The molecule has 6 aliphatic carbocycles. The van der Waals surface area contributed by atoms with Crippen molar-refractivity contribution in [2.45, 2.75) is 83.5 Å². The molecular formula is C46H48O4. The van der Waals surface area contributed by atoms with E-state index in [0.29, 0.717) is 48.5 Å². The molecule has 50 heavy (non-hydrogen) atoms. The van der Waals surface area contributed by atoms with Gasteiger partial charge in [-0.05, 0) is 140 Å². The van der Waals surface area contributed by atoms with E-state index in [0.717, 1.165) is 51.4 Å². The summed E-state index contributed by atoms with van der Waals surface area (Å²) in [5, 5.41) is 0. The molecule has 0 amide bonds. The lowest BCUT2D eigenvalue weighted by atomic mass is 9.61. The minimum atomic E-state index is -0.275. The molecule has 1 fully saturated rings. The van der Waals surface area contributed by atoms with Crippen molar-refractivity contribution in [3.05, 3.63) is 143 Å². The summed E-state index contributed by atoms with van der Waals surface area (Å²) < 4.78 is 11.7. The molecule has 0 N–H and O–H groups in total. The second-order valence-corrected chi connectivity index (χ2v) is 15.0. The van der Waals surface area contributed by atoms with E-state index in [4.69, 9.17) is 9.47 Å². The molecule has 0 bridgehead atoms. The molecule has 0 radical (unpaired) electrons. The van der Waals surface area contributed by atoms with E-state index in [1.165, 1.54) is 35.1 Å². The van der Waals surface area contributed by atoms with E-state index in [2.05, 4.69) is 54.7 Å². The number of allylic oxidation sites excluding steroid dienone is 14. The first kappa shape index (κ1) is 32.7. The SMILES string of the molecule is O=C(CCC1(CCC2(CCC(=O)Oc3ccccc3)C3=CCCCC3C3C=CC=CC32)C2=CCCC=C2C2=C1C=CCC2)Oc1ccccc1. The van der Waals surface area contributed by atoms with Crippen molar-refractivity contribution in [2.24, 2.45) is 28.6 Å². The number of esters is 2. The smallest absolute Gasteiger partial charge is 0.311 e. The van der Waals surface area contributed by atoms with E-state index in [1.807, 2.05) is 60.7 Å². The first-order valence-corrected chi connectivity index (χ1v) is 19.0. The monoisotopic (exact) mass is 664 g/mol. The molecule has 5 atom stereocenters. The molecule has 1 saturated carbocycles. The van der Waals surface area contributed by atoms with Crippen LogP contribution in [0, 0.1) is 28.6 Å². The van der Waals surface area contributed by atoms with E-state index in [1.54, 1.807) is 5.57 Å². The number of rotatable bonds is 11. The molecule has 0 spiro atoms. The highest BCUT2D eigenvalue weighted by Gasteiger charge is 2.57. The summed E-state index contributed by atoms with van der Waals surface area (Å²) in [6, 6.07) is 18.9. The van der Waals surface area contributed by atoms with Gasteiger partial charge in [-0.15, -0.1) is 0 Å². The van der Waals surface area contributed by atoms with Gasteiger partial charge < -0.3 is 9.47 Å². The molecular weight excluding hydrogens is 617 g/mol. The average Bonchev–Trinajstić information content (AvgIpc) is 3.61. The second kappa shape index (κ2) is 14.1. The standard InChI is InChI=1S/C46H48O4/c47-43(49-33-15-3-1-4-16-33)27-29-45(39-23-11-7-19-35(39)36-20-8-12-24-40(36)45)31-32-46(30-28-44(48)50-34-17-5-2-6-18-34)41-25-13-9-21-37(41)38-22-10-14-26-42(38)46/h1-7,11,13,15-19,22-26,35-36,39H,8-10,12,14,20-21,27-32H2. The van der Waals surface area contributed by atoms with Crippen LogP contribution in [-0.2, 0) is 9.59 Å². The Hall–Kier alpha value is -4.44. The Bertz CT molecular complexity index is 1840. The molecule has 2 aromatic rings. The lowest BCUT2D eigenvalue weighted by molar-refractivity contribution is -0.136. The van der Waals surface area contributed by atoms with Crippen molar-refractivity contribution in [3.8, 4) is 11.5 Å². The normalized spacial score (nSPS) is 28.9. The number of para-hydroxylation sites is 2. The Morgan fingerprint density at radius 1 is 0.720 bits per heavy atom. The van der Waals surface area contributed by atoms with Gasteiger partial charge in [0, 0.05) is 18.3 Å². The van der Waals surface area contributed by atoms with E-state index < -0.39 is 0 Å². The minimum Gasteiger partial charge on any atom is -0.427 e. The first-order valence-electron chi connectivity index (χ1n) is 19.0. The Morgan fingerprint density at radius 2 is 1.42 bits per heavy atom. The van der Waals surface area contributed by atoms with Gasteiger partial charge in [0.1, 0.15) is 11.5 Å². The molecule has 6 aliphatic rings. The summed E-state index contributed by atoms with van der Waals surface area (Å²) >= 11 is 0. The number of hydrogen-bond acceptors (Lipinski definition) is 4. The van der Waals surface area contributed by atoms with Gasteiger partial charge in [-0.2, -0.15) is 0 Å².